The first-order chi connectivity index (χ1) is 12.1. The van der Waals surface area contributed by atoms with Crippen LogP contribution in [0.4, 0.5) is 0 Å². The van der Waals surface area contributed by atoms with Crippen molar-refractivity contribution in [3.63, 3.8) is 0 Å². The van der Waals surface area contributed by atoms with Crippen molar-refractivity contribution in [2.24, 2.45) is 5.73 Å². The molecular weight excluding hydrogens is 320 g/mol. The van der Waals surface area contributed by atoms with Gasteiger partial charge in [-0.15, -0.1) is 0 Å². The van der Waals surface area contributed by atoms with Crippen molar-refractivity contribution >= 4 is 18.0 Å². The standard InChI is InChI=1S/C19H16N2O4/c20-11-16(19(23)25-12-15-4-2-1-3-5-15)10-14-6-8-17(9-7-14)24-13-18(21)22/h1-10H,12-13H2,(H2,21,22). The van der Waals surface area contributed by atoms with Crippen LogP contribution in [0.15, 0.2) is 60.2 Å². The average molecular weight is 336 g/mol. The number of primary amides is 1. The zero-order chi connectivity index (χ0) is 18.1. The largest absolute Gasteiger partial charge is 0.484 e. The number of carbonyl (C=O) groups is 2. The van der Waals surface area contributed by atoms with Crippen LogP contribution in [0.5, 0.6) is 5.75 Å². The highest BCUT2D eigenvalue weighted by Gasteiger charge is 2.11. The molecule has 2 aromatic carbocycles. The number of nitrogens with two attached hydrogens (primary N) is 1. The Bertz CT molecular complexity index is 806. The molecule has 0 aliphatic heterocycles. The average Bonchev–Trinajstić information content (AvgIpc) is 2.64. The van der Waals surface area contributed by atoms with Gasteiger partial charge < -0.3 is 15.2 Å². The minimum absolute atomic E-state index is 0.0958. The predicted octanol–water partition coefficient (Wildman–Crippen LogP) is 2.20. The smallest absolute Gasteiger partial charge is 0.349 e. The Morgan fingerprint density at radius 2 is 1.76 bits per heavy atom. The molecule has 2 rings (SSSR count). The monoisotopic (exact) mass is 336 g/mol. The summed E-state index contributed by atoms with van der Waals surface area (Å²) in [6, 6.07) is 17.6. The topological polar surface area (TPSA) is 102 Å². The number of ether oxygens (including phenoxy) is 2. The van der Waals surface area contributed by atoms with Gasteiger partial charge in [0.25, 0.3) is 5.91 Å². The van der Waals surface area contributed by atoms with Gasteiger partial charge in [0.15, 0.2) is 6.61 Å². The van der Waals surface area contributed by atoms with Gasteiger partial charge in [-0.05, 0) is 29.3 Å². The molecule has 0 bridgehead atoms. The van der Waals surface area contributed by atoms with Crippen LogP contribution < -0.4 is 10.5 Å². The number of nitriles is 1. The van der Waals surface area contributed by atoms with E-state index < -0.39 is 11.9 Å². The summed E-state index contributed by atoms with van der Waals surface area (Å²) in [4.78, 5) is 22.7. The lowest BCUT2D eigenvalue weighted by Crippen LogP contribution is -2.19. The van der Waals surface area contributed by atoms with Gasteiger partial charge in [-0.3, -0.25) is 4.79 Å². The lowest BCUT2D eigenvalue weighted by atomic mass is 10.1. The number of hydrogen-bond acceptors (Lipinski definition) is 5. The second kappa shape index (κ2) is 8.89. The summed E-state index contributed by atoms with van der Waals surface area (Å²) in [5.74, 6) is -0.807. The van der Waals surface area contributed by atoms with Crippen molar-refractivity contribution in [1.29, 1.82) is 5.26 Å². The fourth-order valence-corrected chi connectivity index (χ4v) is 1.92. The van der Waals surface area contributed by atoms with E-state index in [1.54, 1.807) is 24.3 Å². The van der Waals surface area contributed by atoms with Crippen molar-refractivity contribution < 1.29 is 19.1 Å². The maximum absolute atomic E-state index is 12.0. The molecule has 0 aliphatic carbocycles. The summed E-state index contributed by atoms with van der Waals surface area (Å²) in [6.45, 7) is -0.122. The number of carbonyl (C=O) groups excluding carboxylic acids is 2. The molecule has 0 saturated carbocycles. The maximum Gasteiger partial charge on any atom is 0.349 e. The Labute approximate surface area is 145 Å². The Hall–Kier alpha value is -3.59. The van der Waals surface area contributed by atoms with Crippen LogP contribution in [-0.2, 0) is 20.9 Å². The van der Waals surface area contributed by atoms with Crippen LogP contribution in [0, 0.1) is 11.3 Å². The summed E-state index contributed by atoms with van der Waals surface area (Å²) in [6.07, 6.45) is 1.42. The van der Waals surface area contributed by atoms with E-state index in [0.29, 0.717) is 11.3 Å². The molecule has 0 unspecified atom stereocenters. The first-order valence-electron chi connectivity index (χ1n) is 7.42. The third-order valence-electron chi connectivity index (χ3n) is 3.13. The Balaban J connectivity index is 2.00. The second-order valence-corrected chi connectivity index (χ2v) is 5.06. The number of rotatable bonds is 7. The zero-order valence-electron chi connectivity index (χ0n) is 13.3. The Morgan fingerprint density at radius 3 is 2.36 bits per heavy atom. The molecule has 126 valence electrons. The van der Waals surface area contributed by atoms with E-state index in [2.05, 4.69) is 0 Å². The molecule has 0 heterocycles. The second-order valence-electron chi connectivity index (χ2n) is 5.06. The van der Waals surface area contributed by atoms with Crippen LogP contribution in [-0.4, -0.2) is 18.5 Å². The van der Waals surface area contributed by atoms with Crippen LogP contribution in [0.1, 0.15) is 11.1 Å². The van der Waals surface area contributed by atoms with Gasteiger partial charge in [-0.1, -0.05) is 42.5 Å². The summed E-state index contributed by atoms with van der Waals surface area (Å²) in [5, 5.41) is 9.16. The molecule has 0 aromatic heterocycles. The van der Waals surface area contributed by atoms with Crippen molar-refractivity contribution in [2.75, 3.05) is 6.61 Å². The molecule has 25 heavy (non-hydrogen) atoms. The van der Waals surface area contributed by atoms with Gasteiger partial charge in [0.1, 0.15) is 24.0 Å². The molecule has 6 nitrogen and oxygen atoms in total. The van der Waals surface area contributed by atoms with Gasteiger partial charge in [0.05, 0.1) is 0 Å². The minimum Gasteiger partial charge on any atom is -0.484 e. The third-order valence-corrected chi connectivity index (χ3v) is 3.13. The molecule has 2 aromatic rings. The molecule has 0 aliphatic rings. The van der Waals surface area contributed by atoms with E-state index in [1.807, 2.05) is 36.4 Å². The van der Waals surface area contributed by atoms with Crippen molar-refractivity contribution in [1.82, 2.24) is 0 Å². The quantitative estimate of drug-likeness (QED) is 0.474. The Kier molecular flexibility index (Phi) is 6.32. The van der Waals surface area contributed by atoms with Crippen LogP contribution >= 0.6 is 0 Å². The Morgan fingerprint density at radius 1 is 1.08 bits per heavy atom. The van der Waals surface area contributed by atoms with Crippen LogP contribution in [0.2, 0.25) is 0 Å². The lowest BCUT2D eigenvalue weighted by Gasteiger charge is -2.05. The third kappa shape index (κ3) is 5.84. The highest BCUT2D eigenvalue weighted by atomic mass is 16.5. The number of nitrogens with zero attached hydrogens (tertiary/aromatic N) is 1. The molecule has 0 atom stereocenters. The van der Waals surface area contributed by atoms with Gasteiger partial charge in [0, 0.05) is 0 Å². The van der Waals surface area contributed by atoms with Crippen molar-refractivity contribution in [2.45, 2.75) is 6.61 Å². The number of hydrogen-bond donors (Lipinski definition) is 1. The molecule has 2 N–H and O–H groups in total. The highest BCUT2D eigenvalue weighted by Crippen LogP contribution is 2.15. The van der Waals surface area contributed by atoms with Crippen LogP contribution in [0.25, 0.3) is 6.08 Å². The van der Waals surface area contributed by atoms with Gasteiger partial charge in [0.2, 0.25) is 0 Å². The van der Waals surface area contributed by atoms with E-state index in [1.165, 1.54) is 6.08 Å². The number of amides is 1. The van der Waals surface area contributed by atoms with E-state index in [0.717, 1.165) is 5.56 Å². The molecular formula is C19H16N2O4. The fourth-order valence-electron chi connectivity index (χ4n) is 1.92. The molecule has 6 heteroatoms. The van der Waals surface area contributed by atoms with E-state index in [9.17, 15) is 9.59 Å². The molecule has 0 fully saturated rings. The number of benzene rings is 2. The summed E-state index contributed by atoms with van der Waals surface area (Å²) < 4.78 is 10.3. The van der Waals surface area contributed by atoms with E-state index in [-0.39, 0.29) is 18.8 Å². The summed E-state index contributed by atoms with van der Waals surface area (Å²) in [7, 11) is 0. The molecule has 1 amide bonds. The molecule has 0 radical (unpaired) electrons. The van der Waals surface area contributed by atoms with Crippen LogP contribution in [0.3, 0.4) is 0 Å². The normalized spacial score (nSPS) is 10.6. The van der Waals surface area contributed by atoms with Gasteiger partial charge >= 0.3 is 5.97 Å². The first kappa shape index (κ1) is 17.8. The fraction of sp³-hybridized carbons (Fsp3) is 0.105. The van der Waals surface area contributed by atoms with Crippen molar-refractivity contribution in [3.8, 4) is 11.8 Å². The summed E-state index contributed by atoms with van der Waals surface area (Å²) in [5.41, 5.74) is 6.35. The predicted molar refractivity (Wildman–Crippen MR) is 91.0 cm³/mol. The molecule has 0 saturated heterocycles. The molecule has 0 spiro atoms. The maximum atomic E-state index is 12.0. The van der Waals surface area contributed by atoms with E-state index in [4.69, 9.17) is 20.5 Å². The zero-order valence-corrected chi connectivity index (χ0v) is 13.3. The SMILES string of the molecule is N#CC(=Cc1ccc(OCC(N)=O)cc1)C(=O)OCc1ccccc1. The number of esters is 1. The lowest BCUT2D eigenvalue weighted by molar-refractivity contribution is -0.139. The highest BCUT2D eigenvalue weighted by molar-refractivity contribution is 5.97. The van der Waals surface area contributed by atoms with Gasteiger partial charge in [-0.2, -0.15) is 5.26 Å². The first-order valence-corrected chi connectivity index (χ1v) is 7.42. The van der Waals surface area contributed by atoms with E-state index >= 15 is 0 Å². The summed E-state index contributed by atoms with van der Waals surface area (Å²) >= 11 is 0. The van der Waals surface area contributed by atoms with Crippen molar-refractivity contribution in [3.05, 3.63) is 71.3 Å². The minimum atomic E-state index is -0.694. The van der Waals surface area contributed by atoms with Gasteiger partial charge in [-0.25, -0.2) is 4.79 Å².